The Morgan fingerprint density at radius 1 is 1.00 bits per heavy atom. The van der Waals surface area contributed by atoms with Crippen LogP contribution in [-0.4, -0.2) is 39.8 Å². The number of aliphatic carboxylic acids is 2. The molecular weight excluding hydrogens is 240 g/mol. The van der Waals surface area contributed by atoms with Crippen molar-refractivity contribution in [3.63, 3.8) is 0 Å². The van der Waals surface area contributed by atoms with Crippen LogP contribution in [0.25, 0.3) is 0 Å². The Kier molecular flexibility index (Phi) is 20.5. The largest absolute Gasteiger partial charge is 2.00 e. The van der Waals surface area contributed by atoms with E-state index in [1.54, 1.807) is 0 Å². The van der Waals surface area contributed by atoms with Crippen molar-refractivity contribution in [2.45, 2.75) is 26.1 Å². The van der Waals surface area contributed by atoms with E-state index >= 15 is 0 Å². The molecule has 86 valence electrons. The number of carboxylic acid groups (broad SMARTS) is 2. The van der Waals surface area contributed by atoms with Gasteiger partial charge in [0.05, 0.1) is 24.1 Å². The van der Waals surface area contributed by atoms with Gasteiger partial charge in [-0.05, 0) is 13.8 Å². The second-order valence-electron chi connectivity index (χ2n) is 1.99. The summed E-state index contributed by atoms with van der Waals surface area (Å²) < 4.78 is 0. The fraction of sp³-hybridized carbons (Fsp3) is 0.667. The van der Waals surface area contributed by atoms with E-state index in [9.17, 15) is 19.8 Å². The zero-order chi connectivity index (χ0) is 10.3. The van der Waals surface area contributed by atoms with Crippen LogP contribution in [0.3, 0.4) is 0 Å². The molecule has 0 aliphatic heterocycles. The molecule has 0 saturated heterocycles. The summed E-state index contributed by atoms with van der Waals surface area (Å²) in [4.78, 5) is 18.7. The van der Waals surface area contributed by atoms with Crippen LogP contribution < -0.4 is 10.2 Å². The van der Waals surface area contributed by atoms with Crippen molar-refractivity contribution in [1.82, 2.24) is 0 Å². The number of aliphatic hydroxyl groups is 2. The van der Waals surface area contributed by atoms with Gasteiger partial charge in [-0.1, -0.05) is 0 Å². The molecule has 2 atom stereocenters. The molecule has 0 amide bonds. The third-order valence-corrected chi connectivity index (χ3v) is 0.682. The van der Waals surface area contributed by atoms with E-state index in [-0.39, 0.29) is 22.5 Å². The van der Waals surface area contributed by atoms with Gasteiger partial charge in [-0.2, -0.15) is 0 Å². The number of carbonyl (C=O) groups is 2. The summed E-state index contributed by atoms with van der Waals surface area (Å²) in [5.74, 6) is -2.87. The summed E-state index contributed by atoms with van der Waals surface area (Å²) in [6, 6.07) is 0. The molecule has 0 aliphatic carbocycles. The van der Waals surface area contributed by atoms with Crippen molar-refractivity contribution < 1.29 is 52.6 Å². The van der Waals surface area contributed by atoms with Crippen LogP contribution in [0.4, 0.5) is 0 Å². The van der Waals surface area contributed by atoms with E-state index in [2.05, 4.69) is 0 Å². The van der Waals surface area contributed by atoms with Gasteiger partial charge in [0.1, 0.15) is 0 Å². The topological polar surface area (TPSA) is 152 Å². The normalized spacial score (nSPS) is 11.7. The van der Waals surface area contributed by atoms with Gasteiger partial charge >= 0.3 is 17.1 Å². The Hall–Kier alpha value is -0.661. The molecule has 0 spiro atoms. The first kappa shape index (κ1) is 23.3. The van der Waals surface area contributed by atoms with E-state index in [4.69, 9.17) is 10.2 Å². The maximum absolute atomic E-state index is 9.34. The van der Waals surface area contributed by atoms with Crippen molar-refractivity contribution >= 4 is 11.9 Å². The molecule has 0 heterocycles. The van der Waals surface area contributed by atoms with E-state index in [0.717, 1.165) is 13.8 Å². The minimum Gasteiger partial charge on any atom is -0.547 e. The molecule has 7 nitrogen and oxygen atoms in total. The van der Waals surface area contributed by atoms with Crippen LogP contribution in [0.15, 0.2) is 0 Å². The smallest absolute Gasteiger partial charge is 0.547 e. The first-order valence-corrected chi connectivity index (χ1v) is 3.06. The predicted molar refractivity (Wildman–Crippen MR) is 37.0 cm³/mol. The fourth-order valence-electron chi connectivity index (χ4n) is 0. The van der Waals surface area contributed by atoms with Crippen LogP contribution in [0, 0.1) is 0 Å². The molecule has 0 rings (SSSR count). The predicted octanol–water partition coefficient (Wildman–Crippen LogP) is -4.59. The van der Waals surface area contributed by atoms with E-state index in [1.165, 1.54) is 0 Å². The average molecular weight is 252 g/mol. The molecule has 0 aromatic rings. The number of rotatable bonds is 2. The molecule has 14 heavy (non-hydrogen) atoms. The summed E-state index contributed by atoms with van der Waals surface area (Å²) in [6.45, 7) is 2.27. The Labute approximate surface area is 91.1 Å². The van der Waals surface area contributed by atoms with Crippen LogP contribution in [0.5, 0.6) is 0 Å². The number of aliphatic hydroxyl groups excluding tert-OH is 2. The van der Waals surface area contributed by atoms with Gasteiger partial charge in [-0.3, -0.25) is 0 Å². The summed E-state index contributed by atoms with van der Waals surface area (Å²) in [5, 5.41) is 34.6. The molecule has 0 bridgehead atoms. The molecule has 0 aromatic heterocycles. The van der Waals surface area contributed by atoms with Crippen molar-refractivity contribution in [2.24, 2.45) is 0 Å². The molecule has 8 heteroatoms. The average Bonchev–Trinajstić information content (AvgIpc) is 1.88. The third kappa shape index (κ3) is 22.5. The molecular formula is C6H12FeO7. The zero-order valence-corrected chi connectivity index (χ0v) is 8.64. The first-order valence-electron chi connectivity index (χ1n) is 3.06. The monoisotopic (exact) mass is 252 g/mol. The SMILES string of the molecule is CC(O)C(=O)[O-].CC(O)C(=O)[O-].O.[Fe+2]. The summed E-state index contributed by atoms with van der Waals surface area (Å²) in [5.41, 5.74) is 0. The molecule has 0 fully saturated rings. The van der Waals surface area contributed by atoms with Crippen LogP contribution in [0.2, 0.25) is 0 Å². The fourth-order valence-corrected chi connectivity index (χ4v) is 0. The second kappa shape index (κ2) is 12.3. The van der Waals surface area contributed by atoms with Gasteiger partial charge in [0.25, 0.3) is 0 Å². The maximum atomic E-state index is 9.34. The van der Waals surface area contributed by atoms with Gasteiger partial charge in [0.15, 0.2) is 0 Å². The summed E-state index contributed by atoms with van der Waals surface area (Å²) in [7, 11) is 0. The standard InChI is InChI=1S/2C3H6O3.Fe.H2O/c2*1-2(4)3(5)6;;/h2*2,4H,1H3,(H,5,6);;1H2/q;;+2;/p-2. The quantitative estimate of drug-likeness (QED) is 0.471. The van der Waals surface area contributed by atoms with Crippen LogP contribution in [0.1, 0.15) is 13.8 Å². The van der Waals surface area contributed by atoms with Crippen molar-refractivity contribution in [3.8, 4) is 0 Å². The second-order valence-corrected chi connectivity index (χ2v) is 1.99. The Balaban J connectivity index is -0.0000000625. The number of carbonyl (C=O) groups excluding carboxylic acids is 2. The number of hydrogen-bond donors (Lipinski definition) is 2. The molecule has 0 radical (unpaired) electrons. The molecule has 0 aromatic carbocycles. The molecule has 0 aliphatic rings. The Morgan fingerprint density at radius 3 is 1.07 bits per heavy atom. The maximum Gasteiger partial charge on any atom is 2.00 e. The van der Waals surface area contributed by atoms with E-state index in [0.29, 0.717) is 0 Å². The van der Waals surface area contributed by atoms with E-state index < -0.39 is 24.1 Å². The van der Waals surface area contributed by atoms with Gasteiger partial charge in [0.2, 0.25) is 0 Å². The molecule has 0 saturated carbocycles. The van der Waals surface area contributed by atoms with Crippen molar-refractivity contribution in [1.29, 1.82) is 0 Å². The minimum absolute atomic E-state index is 0. The van der Waals surface area contributed by atoms with Gasteiger partial charge in [-0.15, -0.1) is 0 Å². The summed E-state index contributed by atoms with van der Waals surface area (Å²) >= 11 is 0. The van der Waals surface area contributed by atoms with E-state index in [1.807, 2.05) is 0 Å². The first-order chi connectivity index (χ1) is 5.29. The van der Waals surface area contributed by atoms with Crippen LogP contribution in [-0.2, 0) is 26.7 Å². The summed E-state index contributed by atoms with van der Waals surface area (Å²) in [6.07, 6.45) is -2.69. The van der Waals surface area contributed by atoms with Gasteiger partial charge < -0.3 is 35.5 Å². The van der Waals surface area contributed by atoms with Crippen molar-refractivity contribution in [3.05, 3.63) is 0 Å². The molecule has 2 unspecified atom stereocenters. The van der Waals surface area contributed by atoms with Crippen LogP contribution >= 0.6 is 0 Å². The van der Waals surface area contributed by atoms with Crippen molar-refractivity contribution in [2.75, 3.05) is 0 Å². The van der Waals surface area contributed by atoms with Gasteiger partial charge in [0, 0.05) is 0 Å². The Bertz CT molecular complexity index is 138. The Morgan fingerprint density at radius 2 is 1.07 bits per heavy atom. The third-order valence-electron chi connectivity index (χ3n) is 0.682. The number of carboxylic acids is 2. The van der Waals surface area contributed by atoms with Gasteiger partial charge in [-0.25, -0.2) is 0 Å². The number of hydrogen-bond acceptors (Lipinski definition) is 6. The minimum atomic E-state index is -1.44. The zero-order valence-electron chi connectivity index (χ0n) is 7.54. The molecule has 4 N–H and O–H groups in total.